The standard InChI is InChI=1S/C9H6BrN3O/c10-8-6(9(11)14)3-5-1-2-12-4-7(5)13-8/h1-4H,(H2,11,14). The summed E-state index contributed by atoms with van der Waals surface area (Å²) in [4.78, 5) is 19.1. The molecule has 5 heteroatoms. The van der Waals surface area contributed by atoms with Crippen molar-refractivity contribution in [2.45, 2.75) is 0 Å². The lowest BCUT2D eigenvalue weighted by Crippen LogP contribution is -2.12. The lowest BCUT2D eigenvalue weighted by molar-refractivity contribution is 0.0999. The van der Waals surface area contributed by atoms with Crippen molar-refractivity contribution in [2.24, 2.45) is 5.73 Å². The van der Waals surface area contributed by atoms with Crippen molar-refractivity contribution in [1.82, 2.24) is 9.97 Å². The lowest BCUT2D eigenvalue weighted by Gasteiger charge is -2.01. The fourth-order valence-corrected chi connectivity index (χ4v) is 1.67. The quantitative estimate of drug-likeness (QED) is 0.781. The van der Waals surface area contributed by atoms with E-state index in [0.29, 0.717) is 10.2 Å². The Morgan fingerprint density at radius 2 is 2.29 bits per heavy atom. The van der Waals surface area contributed by atoms with Crippen LogP contribution >= 0.6 is 15.9 Å². The fourth-order valence-electron chi connectivity index (χ4n) is 1.17. The van der Waals surface area contributed by atoms with Gasteiger partial charge < -0.3 is 5.73 Å². The minimum atomic E-state index is -0.497. The van der Waals surface area contributed by atoms with Gasteiger partial charge in [-0.15, -0.1) is 0 Å². The molecule has 70 valence electrons. The molecule has 0 aliphatic rings. The van der Waals surface area contributed by atoms with Gasteiger partial charge in [0.25, 0.3) is 5.91 Å². The highest BCUT2D eigenvalue weighted by Gasteiger charge is 2.08. The second kappa shape index (κ2) is 3.34. The largest absolute Gasteiger partial charge is 0.366 e. The molecule has 1 amide bonds. The Morgan fingerprint density at radius 1 is 1.50 bits per heavy atom. The fraction of sp³-hybridized carbons (Fsp3) is 0. The van der Waals surface area contributed by atoms with Crippen LogP contribution in [-0.2, 0) is 0 Å². The summed E-state index contributed by atoms with van der Waals surface area (Å²) in [6.45, 7) is 0. The number of carbonyl (C=O) groups excluding carboxylic acids is 1. The number of amides is 1. The van der Waals surface area contributed by atoms with E-state index in [-0.39, 0.29) is 0 Å². The predicted molar refractivity (Wildman–Crippen MR) is 55.8 cm³/mol. The molecule has 0 saturated carbocycles. The Bertz CT molecular complexity index is 512. The number of aromatic nitrogens is 2. The first-order chi connectivity index (χ1) is 6.68. The van der Waals surface area contributed by atoms with Gasteiger partial charge in [-0.25, -0.2) is 4.98 Å². The first kappa shape index (κ1) is 9.08. The van der Waals surface area contributed by atoms with E-state index in [4.69, 9.17) is 5.73 Å². The van der Waals surface area contributed by atoms with E-state index >= 15 is 0 Å². The highest BCUT2D eigenvalue weighted by Crippen LogP contribution is 2.19. The van der Waals surface area contributed by atoms with Crippen molar-refractivity contribution in [3.63, 3.8) is 0 Å². The Hall–Kier alpha value is -1.49. The van der Waals surface area contributed by atoms with Gasteiger partial charge in [-0.3, -0.25) is 9.78 Å². The van der Waals surface area contributed by atoms with Gasteiger partial charge >= 0.3 is 0 Å². The van der Waals surface area contributed by atoms with Gasteiger partial charge in [0, 0.05) is 11.6 Å². The molecule has 0 spiro atoms. The number of nitrogens with two attached hydrogens (primary N) is 1. The number of hydrogen-bond acceptors (Lipinski definition) is 3. The molecule has 0 atom stereocenters. The molecule has 2 rings (SSSR count). The van der Waals surface area contributed by atoms with Crippen LogP contribution in [0.4, 0.5) is 0 Å². The summed E-state index contributed by atoms with van der Waals surface area (Å²) < 4.78 is 0.450. The molecule has 0 unspecified atom stereocenters. The van der Waals surface area contributed by atoms with Crippen molar-refractivity contribution in [2.75, 3.05) is 0 Å². The molecule has 0 aromatic carbocycles. The molecule has 2 aromatic heterocycles. The zero-order chi connectivity index (χ0) is 10.1. The third-order valence-corrected chi connectivity index (χ3v) is 2.44. The minimum Gasteiger partial charge on any atom is -0.366 e. The molecule has 0 aliphatic carbocycles. The number of primary amides is 1. The monoisotopic (exact) mass is 251 g/mol. The second-order valence-corrected chi connectivity index (χ2v) is 3.51. The van der Waals surface area contributed by atoms with Crippen LogP contribution in [0, 0.1) is 0 Å². The van der Waals surface area contributed by atoms with Crippen LogP contribution in [0.3, 0.4) is 0 Å². The van der Waals surface area contributed by atoms with Gasteiger partial charge in [0.05, 0.1) is 17.3 Å². The number of rotatable bonds is 1. The summed E-state index contributed by atoms with van der Waals surface area (Å²) in [5.41, 5.74) is 6.29. The SMILES string of the molecule is NC(=O)c1cc2ccncc2nc1Br. The molecule has 2 aromatic rings. The van der Waals surface area contributed by atoms with Crippen LogP contribution in [0.1, 0.15) is 10.4 Å². The topological polar surface area (TPSA) is 68.9 Å². The summed E-state index contributed by atoms with van der Waals surface area (Å²) in [5.74, 6) is -0.497. The van der Waals surface area contributed by atoms with Crippen molar-refractivity contribution in [3.05, 3.63) is 34.7 Å². The summed E-state index contributed by atoms with van der Waals surface area (Å²) >= 11 is 3.18. The second-order valence-electron chi connectivity index (χ2n) is 2.76. The molecule has 0 fully saturated rings. The normalized spacial score (nSPS) is 10.4. The third-order valence-electron chi connectivity index (χ3n) is 1.84. The average molecular weight is 252 g/mol. The van der Waals surface area contributed by atoms with E-state index in [2.05, 4.69) is 25.9 Å². The maximum Gasteiger partial charge on any atom is 0.251 e. The molecule has 0 aliphatic heterocycles. The molecule has 0 bridgehead atoms. The van der Waals surface area contributed by atoms with Crippen LogP contribution in [-0.4, -0.2) is 15.9 Å². The Kier molecular flexibility index (Phi) is 2.17. The number of pyridine rings is 2. The first-order valence-corrected chi connectivity index (χ1v) is 4.68. The summed E-state index contributed by atoms with van der Waals surface area (Å²) in [6.07, 6.45) is 3.27. The van der Waals surface area contributed by atoms with Crippen molar-refractivity contribution < 1.29 is 4.79 Å². The molecule has 2 heterocycles. The maximum absolute atomic E-state index is 11.0. The third kappa shape index (κ3) is 1.46. The van der Waals surface area contributed by atoms with E-state index in [1.165, 1.54) is 0 Å². The van der Waals surface area contributed by atoms with E-state index in [0.717, 1.165) is 10.9 Å². The molecule has 0 saturated heterocycles. The number of hydrogen-bond donors (Lipinski definition) is 1. The van der Waals surface area contributed by atoms with Gasteiger partial charge in [0.15, 0.2) is 0 Å². The van der Waals surface area contributed by atoms with Crippen molar-refractivity contribution >= 4 is 32.7 Å². The van der Waals surface area contributed by atoms with Gasteiger partial charge in [0.1, 0.15) is 4.60 Å². The molecule has 14 heavy (non-hydrogen) atoms. The molecule has 2 N–H and O–H groups in total. The molecular formula is C9H6BrN3O. The minimum absolute atomic E-state index is 0.378. The molecule has 0 radical (unpaired) electrons. The van der Waals surface area contributed by atoms with Crippen LogP contribution in [0.5, 0.6) is 0 Å². The summed E-state index contributed by atoms with van der Waals surface area (Å²) in [5, 5.41) is 0.844. The van der Waals surface area contributed by atoms with Crippen LogP contribution < -0.4 is 5.73 Å². The Balaban J connectivity index is 2.77. The van der Waals surface area contributed by atoms with E-state index < -0.39 is 5.91 Å². The van der Waals surface area contributed by atoms with E-state index in [1.54, 1.807) is 24.5 Å². The molecule has 4 nitrogen and oxygen atoms in total. The summed E-state index contributed by atoms with van der Waals surface area (Å²) in [6, 6.07) is 3.47. The molecular weight excluding hydrogens is 246 g/mol. The highest BCUT2D eigenvalue weighted by molar-refractivity contribution is 9.10. The zero-order valence-corrected chi connectivity index (χ0v) is 8.65. The summed E-state index contributed by atoms with van der Waals surface area (Å²) in [7, 11) is 0. The van der Waals surface area contributed by atoms with Crippen LogP contribution in [0.15, 0.2) is 29.1 Å². The lowest BCUT2D eigenvalue weighted by atomic mass is 10.2. The van der Waals surface area contributed by atoms with Gasteiger partial charge in [-0.1, -0.05) is 0 Å². The zero-order valence-electron chi connectivity index (χ0n) is 7.07. The number of halogens is 1. The predicted octanol–water partition coefficient (Wildman–Crippen LogP) is 1.49. The first-order valence-electron chi connectivity index (χ1n) is 3.88. The Labute approximate surface area is 88.3 Å². The van der Waals surface area contributed by atoms with Crippen LogP contribution in [0.2, 0.25) is 0 Å². The van der Waals surface area contributed by atoms with E-state index in [9.17, 15) is 4.79 Å². The average Bonchev–Trinajstić information content (AvgIpc) is 2.16. The smallest absolute Gasteiger partial charge is 0.251 e. The van der Waals surface area contributed by atoms with Gasteiger partial charge in [0.2, 0.25) is 0 Å². The van der Waals surface area contributed by atoms with Gasteiger partial charge in [-0.2, -0.15) is 0 Å². The highest BCUT2D eigenvalue weighted by atomic mass is 79.9. The van der Waals surface area contributed by atoms with Gasteiger partial charge in [-0.05, 0) is 28.1 Å². The van der Waals surface area contributed by atoms with Crippen LogP contribution in [0.25, 0.3) is 10.9 Å². The number of carbonyl (C=O) groups is 1. The van der Waals surface area contributed by atoms with E-state index in [1.807, 2.05) is 0 Å². The Morgan fingerprint density at radius 3 is 3.00 bits per heavy atom. The maximum atomic E-state index is 11.0. The van der Waals surface area contributed by atoms with Crippen molar-refractivity contribution in [3.8, 4) is 0 Å². The number of nitrogens with zero attached hydrogens (tertiary/aromatic N) is 2. The number of fused-ring (bicyclic) bond motifs is 1. The van der Waals surface area contributed by atoms with Crippen molar-refractivity contribution in [1.29, 1.82) is 0 Å².